The second-order valence-electron chi connectivity index (χ2n) is 10.8. The number of aromatic amines is 2. The van der Waals surface area contributed by atoms with Crippen molar-refractivity contribution in [3.05, 3.63) is 123 Å². The first kappa shape index (κ1) is 27.7. The van der Waals surface area contributed by atoms with E-state index in [1.807, 2.05) is 68.6 Å². The number of rotatable bonds is 8. The molecule has 5 N–H and O–H groups in total. The van der Waals surface area contributed by atoms with Crippen LogP contribution in [0.25, 0.3) is 33.1 Å². The zero-order chi connectivity index (χ0) is 30.2. The zero-order valence-corrected chi connectivity index (χ0v) is 24.2. The summed E-state index contributed by atoms with van der Waals surface area (Å²) in [5, 5.41) is 3.82. The predicted molar refractivity (Wildman–Crippen MR) is 168 cm³/mol. The molecule has 0 fully saturated rings. The van der Waals surface area contributed by atoms with Crippen molar-refractivity contribution >= 4 is 33.8 Å². The van der Waals surface area contributed by atoms with E-state index in [0.29, 0.717) is 28.6 Å². The molecule has 43 heavy (non-hydrogen) atoms. The third kappa shape index (κ3) is 5.32. The number of amides is 2. The number of pyridine rings is 1. The van der Waals surface area contributed by atoms with Gasteiger partial charge in [0, 0.05) is 53.4 Å². The third-order valence-corrected chi connectivity index (χ3v) is 7.88. The number of carbonyl (C=O) groups is 2. The van der Waals surface area contributed by atoms with E-state index in [1.165, 1.54) is 0 Å². The Balaban J connectivity index is 1.29. The van der Waals surface area contributed by atoms with Crippen molar-refractivity contribution in [2.24, 2.45) is 5.73 Å². The normalized spacial score (nSPS) is 11.3. The van der Waals surface area contributed by atoms with Crippen LogP contribution in [0.5, 0.6) is 0 Å². The molecular weight excluding hydrogens is 540 g/mol. The number of carbonyl (C=O) groups excluding carboxylic acids is 2. The summed E-state index contributed by atoms with van der Waals surface area (Å²) in [5.74, 6) is -0.0108. The standard InChI is InChI=1S/C34H32N6O3/c1-4-40-13-12-24-26(33(42)36-18-27-19(2)14-20(3)37-34(27)43)16-23(17-29(24)40)22-10-8-21(9-11-22)15-30-38-28-7-5-6-25(32(35)41)31(28)39-30/h5-14,16-17H,4,15,18H2,1-3H3,(H2,35,41)(H,36,42)(H,37,43)(H,38,39). The highest BCUT2D eigenvalue weighted by Crippen LogP contribution is 2.30. The van der Waals surface area contributed by atoms with Gasteiger partial charge in [0.15, 0.2) is 0 Å². The van der Waals surface area contributed by atoms with E-state index in [4.69, 9.17) is 5.73 Å². The van der Waals surface area contributed by atoms with Gasteiger partial charge in [-0.25, -0.2) is 4.98 Å². The van der Waals surface area contributed by atoms with Gasteiger partial charge in [-0.2, -0.15) is 0 Å². The fraction of sp³-hybridized carbons (Fsp3) is 0.176. The molecule has 2 amide bonds. The zero-order valence-electron chi connectivity index (χ0n) is 24.2. The van der Waals surface area contributed by atoms with Gasteiger partial charge in [0.2, 0.25) is 0 Å². The van der Waals surface area contributed by atoms with Crippen LogP contribution >= 0.6 is 0 Å². The first-order chi connectivity index (χ1) is 20.7. The van der Waals surface area contributed by atoms with Crippen LogP contribution in [0.3, 0.4) is 0 Å². The van der Waals surface area contributed by atoms with Crippen molar-refractivity contribution in [3.8, 4) is 11.1 Å². The highest BCUT2D eigenvalue weighted by Gasteiger charge is 2.17. The molecule has 0 saturated heterocycles. The summed E-state index contributed by atoms with van der Waals surface area (Å²) in [6, 6.07) is 21.3. The second kappa shape index (κ2) is 11.1. The second-order valence-corrected chi connectivity index (χ2v) is 10.8. The van der Waals surface area contributed by atoms with E-state index in [2.05, 4.69) is 37.8 Å². The SMILES string of the molecule is CCn1ccc2c(C(=O)NCc3c(C)cc(C)[nH]c3=O)cc(-c3ccc(Cc4nc5c(C(N)=O)cccc5[nH]4)cc3)cc21. The average Bonchev–Trinajstić information content (AvgIpc) is 3.59. The van der Waals surface area contributed by atoms with Crippen LogP contribution in [0.4, 0.5) is 0 Å². The number of imidazole rings is 1. The molecule has 0 unspecified atom stereocenters. The number of primary amides is 1. The topological polar surface area (TPSA) is 139 Å². The van der Waals surface area contributed by atoms with Crippen LogP contribution in [0.2, 0.25) is 0 Å². The Morgan fingerprint density at radius 2 is 1.74 bits per heavy atom. The summed E-state index contributed by atoms with van der Waals surface area (Å²) in [6.45, 7) is 6.68. The van der Waals surface area contributed by atoms with E-state index in [1.54, 1.807) is 12.1 Å². The summed E-state index contributed by atoms with van der Waals surface area (Å²) >= 11 is 0. The number of H-pyrrole nitrogens is 2. The number of nitrogens with two attached hydrogens (primary N) is 1. The minimum Gasteiger partial charge on any atom is -0.366 e. The maximum Gasteiger partial charge on any atom is 0.253 e. The Hall–Kier alpha value is -5.44. The Morgan fingerprint density at radius 3 is 2.47 bits per heavy atom. The molecule has 3 aromatic carbocycles. The molecule has 0 aliphatic rings. The molecule has 9 heteroatoms. The minimum absolute atomic E-state index is 0.137. The van der Waals surface area contributed by atoms with Crippen LogP contribution in [-0.2, 0) is 19.5 Å². The summed E-state index contributed by atoms with van der Waals surface area (Å²) < 4.78 is 2.11. The average molecular weight is 573 g/mol. The van der Waals surface area contributed by atoms with Gasteiger partial charge in [-0.15, -0.1) is 0 Å². The largest absolute Gasteiger partial charge is 0.366 e. The number of aryl methyl sites for hydroxylation is 3. The number of nitrogens with one attached hydrogen (secondary N) is 3. The van der Waals surface area contributed by atoms with Gasteiger partial charge in [-0.1, -0.05) is 30.3 Å². The molecule has 0 aliphatic heterocycles. The Labute approximate surface area is 247 Å². The Bertz CT molecular complexity index is 2080. The number of para-hydroxylation sites is 1. The first-order valence-electron chi connectivity index (χ1n) is 14.2. The maximum absolute atomic E-state index is 13.5. The summed E-state index contributed by atoms with van der Waals surface area (Å²) in [6.07, 6.45) is 2.54. The van der Waals surface area contributed by atoms with Gasteiger partial charge in [-0.05, 0) is 79.4 Å². The molecular formula is C34H32N6O3. The molecule has 3 aromatic heterocycles. The minimum atomic E-state index is -0.508. The van der Waals surface area contributed by atoms with Gasteiger partial charge < -0.3 is 25.6 Å². The van der Waals surface area contributed by atoms with Crippen molar-refractivity contribution in [1.29, 1.82) is 0 Å². The van der Waals surface area contributed by atoms with E-state index in [0.717, 1.165) is 56.7 Å². The lowest BCUT2D eigenvalue weighted by Gasteiger charge is -2.12. The quantitative estimate of drug-likeness (QED) is 0.201. The number of aromatic nitrogens is 4. The molecule has 6 rings (SSSR count). The summed E-state index contributed by atoms with van der Waals surface area (Å²) in [5.41, 5.74) is 13.7. The van der Waals surface area contributed by atoms with Crippen molar-refractivity contribution in [2.45, 2.75) is 40.3 Å². The van der Waals surface area contributed by atoms with Crippen LogP contribution in [0.15, 0.2) is 77.7 Å². The maximum atomic E-state index is 13.5. The van der Waals surface area contributed by atoms with Crippen LogP contribution in [0.1, 0.15) is 55.8 Å². The van der Waals surface area contributed by atoms with Crippen molar-refractivity contribution < 1.29 is 9.59 Å². The van der Waals surface area contributed by atoms with Crippen molar-refractivity contribution in [1.82, 2.24) is 24.8 Å². The number of nitrogens with zero attached hydrogens (tertiary/aromatic N) is 2. The van der Waals surface area contributed by atoms with Gasteiger partial charge >= 0.3 is 0 Å². The van der Waals surface area contributed by atoms with Crippen LogP contribution in [-0.4, -0.2) is 31.3 Å². The molecule has 0 spiro atoms. The fourth-order valence-electron chi connectivity index (χ4n) is 5.67. The van der Waals surface area contributed by atoms with Gasteiger partial charge in [0.05, 0.1) is 11.1 Å². The highest BCUT2D eigenvalue weighted by atomic mass is 16.2. The van der Waals surface area contributed by atoms with E-state index < -0.39 is 5.91 Å². The van der Waals surface area contributed by atoms with Gasteiger partial charge in [0.1, 0.15) is 11.3 Å². The molecule has 6 aromatic rings. The number of benzene rings is 3. The van der Waals surface area contributed by atoms with Crippen molar-refractivity contribution in [2.75, 3.05) is 0 Å². The molecule has 3 heterocycles. The summed E-state index contributed by atoms with van der Waals surface area (Å²) in [7, 11) is 0. The molecule has 9 nitrogen and oxygen atoms in total. The molecule has 0 saturated carbocycles. The molecule has 216 valence electrons. The lowest BCUT2D eigenvalue weighted by atomic mass is 9.98. The van der Waals surface area contributed by atoms with Crippen molar-refractivity contribution in [3.63, 3.8) is 0 Å². The lowest BCUT2D eigenvalue weighted by molar-refractivity contribution is 0.0951. The first-order valence-corrected chi connectivity index (χ1v) is 14.2. The van der Waals surface area contributed by atoms with Gasteiger partial charge in [0.25, 0.3) is 17.4 Å². The monoisotopic (exact) mass is 572 g/mol. The molecule has 0 radical (unpaired) electrons. The van der Waals surface area contributed by atoms with Crippen LogP contribution in [0, 0.1) is 13.8 Å². The molecule has 0 atom stereocenters. The number of fused-ring (bicyclic) bond motifs is 2. The number of hydrogen-bond donors (Lipinski definition) is 4. The highest BCUT2D eigenvalue weighted by molar-refractivity contribution is 6.08. The molecule has 0 bridgehead atoms. The smallest absolute Gasteiger partial charge is 0.253 e. The number of hydrogen-bond acceptors (Lipinski definition) is 4. The Kier molecular flexibility index (Phi) is 7.15. The third-order valence-electron chi connectivity index (χ3n) is 7.88. The van der Waals surface area contributed by atoms with E-state index in [-0.39, 0.29) is 18.0 Å². The summed E-state index contributed by atoms with van der Waals surface area (Å²) in [4.78, 5) is 48.5. The Morgan fingerprint density at radius 1 is 0.953 bits per heavy atom. The van der Waals surface area contributed by atoms with Crippen LogP contribution < -0.4 is 16.6 Å². The lowest BCUT2D eigenvalue weighted by Crippen LogP contribution is -2.28. The molecule has 0 aliphatic carbocycles. The van der Waals surface area contributed by atoms with Gasteiger partial charge in [-0.3, -0.25) is 14.4 Å². The fourth-order valence-corrected chi connectivity index (χ4v) is 5.67. The van der Waals surface area contributed by atoms with E-state index >= 15 is 0 Å². The predicted octanol–water partition coefficient (Wildman–Crippen LogP) is 5.13. The van der Waals surface area contributed by atoms with E-state index in [9.17, 15) is 14.4 Å².